The number of unbranched alkanes of at least 4 members (excludes halogenated alkanes) is 2. The molecular formula is C22H45IN4O2. The average molecular weight is 525 g/mol. The van der Waals surface area contributed by atoms with E-state index < -0.39 is 0 Å². The van der Waals surface area contributed by atoms with Crippen LogP contribution in [0.2, 0.25) is 0 Å². The van der Waals surface area contributed by atoms with Gasteiger partial charge in [0, 0.05) is 51.3 Å². The summed E-state index contributed by atoms with van der Waals surface area (Å²) in [5, 5.41) is 7.07. The molecule has 2 heterocycles. The van der Waals surface area contributed by atoms with Crippen molar-refractivity contribution in [2.24, 2.45) is 16.3 Å². The van der Waals surface area contributed by atoms with Gasteiger partial charge in [-0.05, 0) is 25.2 Å². The van der Waals surface area contributed by atoms with Crippen molar-refractivity contribution >= 4 is 29.9 Å². The minimum absolute atomic E-state index is 0. The number of nitrogens with one attached hydrogen (secondary N) is 2. The van der Waals surface area contributed by atoms with E-state index in [1.54, 1.807) is 0 Å². The van der Waals surface area contributed by atoms with E-state index in [0.717, 1.165) is 71.5 Å². The van der Waals surface area contributed by atoms with Gasteiger partial charge in [0.15, 0.2) is 5.96 Å². The van der Waals surface area contributed by atoms with Gasteiger partial charge in [-0.25, -0.2) is 0 Å². The van der Waals surface area contributed by atoms with Crippen LogP contribution in [0.15, 0.2) is 4.99 Å². The van der Waals surface area contributed by atoms with Gasteiger partial charge in [0.2, 0.25) is 0 Å². The number of hydrogen-bond donors (Lipinski definition) is 2. The second kappa shape index (κ2) is 14.8. The summed E-state index contributed by atoms with van der Waals surface area (Å²) in [6.07, 6.45) is 6.28. The van der Waals surface area contributed by atoms with Crippen LogP contribution >= 0.6 is 24.0 Å². The van der Waals surface area contributed by atoms with Crippen molar-refractivity contribution in [2.75, 3.05) is 59.2 Å². The third kappa shape index (κ3) is 10.2. The minimum atomic E-state index is 0. The van der Waals surface area contributed by atoms with E-state index in [9.17, 15) is 0 Å². The van der Waals surface area contributed by atoms with E-state index in [1.807, 2.05) is 0 Å². The molecule has 0 saturated carbocycles. The molecule has 0 radical (unpaired) electrons. The molecule has 0 aromatic rings. The molecule has 2 aliphatic heterocycles. The molecule has 0 bridgehead atoms. The molecule has 2 rings (SSSR count). The summed E-state index contributed by atoms with van der Waals surface area (Å²) in [5.41, 5.74) is 0.250. The predicted molar refractivity (Wildman–Crippen MR) is 132 cm³/mol. The second-order valence-electron chi connectivity index (χ2n) is 9.04. The van der Waals surface area contributed by atoms with Gasteiger partial charge >= 0.3 is 0 Å². The first-order valence-electron chi connectivity index (χ1n) is 11.5. The number of hydrogen-bond acceptors (Lipinski definition) is 4. The summed E-state index contributed by atoms with van der Waals surface area (Å²) in [7, 11) is 0. The molecule has 0 aromatic carbocycles. The molecular weight excluding hydrogens is 479 g/mol. The highest BCUT2D eigenvalue weighted by molar-refractivity contribution is 14.0. The molecule has 2 unspecified atom stereocenters. The Balaban J connectivity index is 0.00000420. The van der Waals surface area contributed by atoms with Gasteiger partial charge in [0.25, 0.3) is 0 Å². The van der Waals surface area contributed by atoms with Crippen molar-refractivity contribution in [3.63, 3.8) is 0 Å². The summed E-state index contributed by atoms with van der Waals surface area (Å²) >= 11 is 0. The monoisotopic (exact) mass is 524 g/mol. The lowest BCUT2D eigenvalue weighted by molar-refractivity contribution is 0.00246. The SMILES string of the molecule is CCCCCC(C)(C)CN=C(NCC)NCC(C1CCOC1)N1CCOCC1.I. The van der Waals surface area contributed by atoms with Crippen LogP contribution in [0.4, 0.5) is 0 Å². The molecule has 29 heavy (non-hydrogen) atoms. The van der Waals surface area contributed by atoms with Crippen molar-refractivity contribution in [1.82, 2.24) is 15.5 Å². The minimum Gasteiger partial charge on any atom is -0.381 e. The normalized spacial score (nSPS) is 22.2. The maximum Gasteiger partial charge on any atom is 0.191 e. The molecule has 7 heteroatoms. The van der Waals surface area contributed by atoms with Gasteiger partial charge in [0.1, 0.15) is 0 Å². The molecule has 2 saturated heterocycles. The number of aliphatic imine (C=N–C) groups is 1. The molecule has 6 nitrogen and oxygen atoms in total. The van der Waals surface area contributed by atoms with Gasteiger partial charge < -0.3 is 20.1 Å². The van der Waals surface area contributed by atoms with Gasteiger partial charge in [-0.1, -0.05) is 40.0 Å². The van der Waals surface area contributed by atoms with E-state index in [1.165, 1.54) is 25.7 Å². The summed E-state index contributed by atoms with van der Waals surface area (Å²) in [5.74, 6) is 1.54. The Morgan fingerprint density at radius 3 is 2.48 bits per heavy atom. The van der Waals surface area contributed by atoms with Crippen LogP contribution in [0.5, 0.6) is 0 Å². The van der Waals surface area contributed by atoms with Crippen molar-refractivity contribution in [3.05, 3.63) is 0 Å². The van der Waals surface area contributed by atoms with Gasteiger partial charge in [-0.15, -0.1) is 24.0 Å². The van der Waals surface area contributed by atoms with Crippen LogP contribution < -0.4 is 10.6 Å². The summed E-state index contributed by atoms with van der Waals surface area (Å²) < 4.78 is 11.3. The number of rotatable bonds is 11. The zero-order chi connectivity index (χ0) is 20.2. The Morgan fingerprint density at radius 1 is 1.10 bits per heavy atom. The van der Waals surface area contributed by atoms with Crippen molar-refractivity contribution < 1.29 is 9.47 Å². The Bertz CT molecular complexity index is 450. The number of nitrogens with zero attached hydrogens (tertiary/aromatic N) is 2. The van der Waals surface area contributed by atoms with Crippen LogP contribution in [-0.4, -0.2) is 76.1 Å². The number of halogens is 1. The molecule has 2 atom stereocenters. The van der Waals surface area contributed by atoms with Crippen LogP contribution in [0, 0.1) is 11.3 Å². The lowest BCUT2D eigenvalue weighted by atomic mass is 9.87. The fraction of sp³-hybridized carbons (Fsp3) is 0.955. The van der Waals surface area contributed by atoms with E-state index in [4.69, 9.17) is 14.5 Å². The Labute approximate surface area is 196 Å². The van der Waals surface area contributed by atoms with E-state index in [2.05, 4.69) is 43.2 Å². The Kier molecular flexibility index (Phi) is 13.7. The second-order valence-corrected chi connectivity index (χ2v) is 9.04. The molecule has 172 valence electrons. The smallest absolute Gasteiger partial charge is 0.191 e. The first-order chi connectivity index (χ1) is 13.6. The first-order valence-corrected chi connectivity index (χ1v) is 11.5. The highest BCUT2D eigenvalue weighted by Gasteiger charge is 2.31. The third-order valence-corrected chi connectivity index (χ3v) is 5.97. The standard InChI is InChI=1S/C22H44N4O2.HI/c1-5-7-8-10-22(3,4)18-25-21(23-6-2)24-16-20(19-9-13-28-17-19)26-11-14-27-15-12-26;/h19-20H,5-18H2,1-4H3,(H2,23,24,25);1H. The summed E-state index contributed by atoms with van der Waals surface area (Å²) in [6, 6.07) is 0.479. The zero-order valence-electron chi connectivity index (χ0n) is 19.2. The topological polar surface area (TPSA) is 58.1 Å². The molecule has 0 spiro atoms. The number of guanidine groups is 1. The summed E-state index contributed by atoms with van der Waals surface area (Å²) in [6.45, 7) is 17.2. The maximum absolute atomic E-state index is 5.69. The van der Waals surface area contributed by atoms with Crippen LogP contribution in [-0.2, 0) is 9.47 Å². The highest BCUT2D eigenvalue weighted by atomic mass is 127. The number of morpholine rings is 1. The molecule has 0 aromatic heterocycles. The van der Waals surface area contributed by atoms with E-state index >= 15 is 0 Å². The fourth-order valence-corrected chi connectivity index (χ4v) is 4.13. The van der Waals surface area contributed by atoms with Crippen molar-refractivity contribution in [1.29, 1.82) is 0 Å². The molecule has 2 aliphatic rings. The first kappa shape index (κ1) is 26.9. The lowest BCUT2D eigenvalue weighted by Gasteiger charge is -2.37. The Morgan fingerprint density at radius 2 is 1.86 bits per heavy atom. The predicted octanol–water partition coefficient (Wildman–Crippen LogP) is 3.50. The van der Waals surface area contributed by atoms with Crippen LogP contribution in [0.3, 0.4) is 0 Å². The molecule has 0 aliphatic carbocycles. The molecule has 2 N–H and O–H groups in total. The number of ether oxygens (including phenoxy) is 2. The average Bonchev–Trinajstić information content (AvgIpc) is 3.22. The fourth-order valence-electron chi connectivity index (χ4n) is 4.13. The van der Waals surface area contributed by atoms with E-state index in [-0.39, 0.29) is 29.4 Å². The van der Waals surface area contributed by atoms with Gasteiger partial charge in [-0.3, -0.25) is 9.89 Å². The third-order valence-electron chi connectivity index (χ3n) is 5.97. The highest BCUT2D eigenvalue weighted by Crippen LogP contribution is 2.24. The van der Waals surface area contributed by atoms with Crippen molar-refractivity contribution in [2.45, 2.75) is 65.8 Å². The van der Waals surface area contributed by atoms with Crippen LogP contribution in [0.25, 0.3) is 0 Å². The summed E-state index contributed by atoms with van der Waals surface area (Å²) in [4.78, 5) is 7.51. The van der Waals surface area contributed by atoms with Crippen LogP contribution in [0.1, 0.15) is 59.8 Å². The van der Waals surface area contributed by atoms with Gasteiger partial charge in [0.05, 0.1) is 19.8 Å². The quantitative estimate of drug-likeness (QED) is 0.188. The molecule has 0 amide bonds. The molecule has 2 fully saturated rings. The lowest BCUT2D eigenvalue weighted by Crippen LogP contribution is -2.53. The van der Waals surface area contributed by atoms with Crippen molar-refractivity contribution in [3.8, 4) is 0 Å². The Hall–Kier alpha value is -0.120. The van der Waals surface area contributed by atoms with Gasteiger partial charge in [-0.2, -0.15) is 0 Å². The maximum atomic E-state index is 5.69. The zero-order valence-corrected chi connectivity index (χ0v) is 21.5. The largest absolute Gasteiger partial charge is 0.381 e. The van der Waals surface area contributed by atoms with E-state index in [0.29, 0.717) is 12.0 Å².